The Kier molecular flexibility index (Phi) is 4.53. The Morgan fingerprint density at radius 3 is 2.58 bits per heavy atom. The lowest BCUT2D eigenvalue weighted by molar-refractivity contribution is 0.0175. The summed E-state index contributed by atoms with van der Waals surface area (Å²) in [7, 11) is 0. The maximum absolute atomic E-state index is 11.1. The van der Waals surface area contributed by atoms with Crippen LogP contribution in [0.5, 0.6) is 0 Å². The van der Waals surface area contributed by atoms with Crippen LogP contribution in [0.3, 0.4) is 0 Å². The monoisotopic (exact) mass is 278 g/mol. The van der Waals surface area contributed by atoms with Gasteiger partial charge in [-0.1, -0.05) is 36.4 Å². The molecule has 0 aliphatic carbocycles. The van der Waals surface area contributed by atoms with Crippen LogP contribution in [0, 0.1) is 0 Å². The van der Waals surface area contributed by atoms with Gasteiger partial charge in [0, 0.05) is 17.0 Å². The molecule has 0 fully saturated rings. The summed E-state index contributed by atoms with van der Waals surface area (Å²) < 4.78 is 0. The molecule has 100 valence electrons. The van der Waals surface area contributed by atoms with Crippen molar-refractivity contribution in [1.29, 1.82) is 0 Å². The molecule has 2 aromatic rings. The van der Waals surface area contributed by atoms with E-state index in [2.05, 4.69) is 0 Å². The van der Waals surface area contributed by atoms with Crippen LogP contribution in [0.25, 0.3) is 10.8 Å². The van der Waals surface area contributed by atoms with Crippen molar-refractivity contribution in [2.75, 3.05) is 5.88 Å². The van der Waals surface area contributed by atoms with Crippen LogP contribution < -0.4 is 0 Å². The molecule has 0 aliphatic heterocycles. The van der Waals surface area contributed by atoms with E-state index < -0.39 is 12.2 Å². The van der Waals surface area contributed by atoms with Crippen LogP contribution in [0.15, 0.2) is 36.4 Å². The minimum Gasteiger partial charge on any atom is -0.390 e. The van der Waals surface area contributed by atoms with Crippen LogP contribution in [0.2, 0.25) is 0 Å². The van der Waals surface area contributed by atoms with Gasteiger partial charge >= 0.3 is 0 Å². The molecule has 4 heteroatoms. The van der Waals surface area contributed by atoms with E-state index in [-0.39, 0.29) is 12.3 Å². The maximum Gasteiger partial charge on any atom is 0.150 e. The summed E-state index contributed by atoms with van der Waals surface area (Å²) in [4.78, 5) is 11.1. The van der Waals surface area contributed by atoms with Crippen LogP contribution in [-0.2, 0) is 0 Å². The number of hydrogen-bond acceptors (Lipinski definition) is 3. The summed E-state index contributed by atoms with van der Waals surface area (Å²) in [5.41, 5.74) is 0.852. The molecule has 2 rings (SSSR count). The molecule has 0 saturated carbocycles. The van der Waals surface area contributed by atoms with Crippen molar-refractivity contribution in [3.63, 3.8) is 0 Å². The van der Waals surface area contributed by atoms with E-state index in [0.717, 1.165) is 10.8 Å². The van der Waals surface area contributed by atoms with Crippen molar-refractivity contribution < 1.29 is 15.0 Å². The smallest absolute Gasteiger partial charge is 0.150 e. The molecule has 0 amide bonds. The molecule has 0 radical (unpaired) electrons. The number of halogens is 1. The summed E-state index contributed by atoms with van der Waals surface area (Å²) >= 11 is 5.58. The molecule has 2 unspecified atom stereocenters. The average Bonchev–Trinajstić information content (AvgIpc) is 2.45. The summed E-state index contributed by atoms with van der Waals surface area (Å²) in [6.45, 7) is 0. The minimum absolute atomic E-state index is 0.249. The third-order valence-electron chi connectivity index (χ3n) is 3.20. The zero-order chi connectivity index (χ0) is 13.8. The highest BCUT2D eigenvalue weighted by Gasteiger charge is 2.22. The summed E-state index contributed by atoms with van der Waals surface area (Å²) in [6.07, 6.45) is -1.14. The first kappa shape index (κ1) is 14.0. The highest BCUT2D eigenvalue weighted by atomic mass is 35.5. The first-order chi connectivity index (χ1) is 9.19. The maximum atomic E-state index is 11.1. The lowest BCUT2D eigenvalue weighted by Crippen LogP contribution is -2.20. The number of alkyl halides is 1. The van der Waals surface area contributed by atoms with E-state index in [9.17, 15) is 15.0 Å². The summed E-state index contributed by atoms with van der Waals surface area (Å²) in [5.74, 6) is 0.249. The largest absolute Gasteiger partial charge is 0.390 e. The summed E-state index contributed by atoms with van der Waals surface area (Å²) in [6, 6.07) is 10.9. The molecule has 3 nitrogen and oxygen atoms in total. The SMILES string of the molecule is O=Cc1ccc2ccccc2c1C(O)C(O)CCCl. The molecule has 0 heterocycles. The van der Waals surface area contributed by atoms with Crippen molar-refractivity contribution in [3.05, 3.63) is 47.5 Å². The number of carbonyl (C=O) groups excluding carboxylic acids is 1. The predicted octanol–water partition coefficient (Wildman–Crippen LogP) is 2.68. The highest BCUT2D eigenvalue weighted by molar-refractivity contribution is 6.17. The first-order valence-corrected chi connectivity index (χ1v) is 6.61. The van der Waals surface area contributed by atoms with Gasteiger partial charge in [-0.2, -0.15) is 0 Å². The van der Waals surface area contributed by atoms with Crippen LogP contribution in [-0.4, -0.2) is 28.5 Å². The third-order valence-corrected chi connectivity index (χ3v) is 3.41. The first-order valence-electron chi connectivity index (χ1n) is 6.08. The van der Waals surface area contributed by atoms with Gasteiger partial charge in [0.15, 0.2) is 0 Å². The number of carbonyl (C=O) groups is 1. The van der Waals surface area contributed by atoms with Gasteiger partial charge in [0.25, 0.3) is 0 Å². The standard InChI is InChI=1S/C15H15ClO3/c16-8-7-13(18)15(19)14-11(9-17)6-5-10-3-1-2-4-12(10)14/h1-6,9,13,15,18-19H,7-8H2. The fourth-order valence-electron chi connectivity index (χ4n) is 2.21. The number of rotatable bonds is 5. The Hall–Kier alpha value is -1.42. The second kappa shape index (κ2) is 6.15. The van der Waals surface area contributed by atoms with Gasteiger partial charge in [-0.15, -0.1) is 11.6 Å². The molecule has 0 spiro atoms. The second-order valence-corrected chi connectivity index (χ2v) is 4.78. The number of benzene rings is 2. The molecule has 2 N–H and O–H groups in total. The molecular weight excluding hydrogens is 264 g/mol. The molecule has 2 aromatic carbocycles. The van der Waals surface area contributed by atoms with Crippen molar-refractivity contribution in [3.8, 4) is 0 Å². The quantitative estimate of drug-likeness (QED) is 0.653. The van der Waals surface area contributed by atoms with Crippen molar-refractivity contribution in [2.45, 2.75) is 18.6 Å². The van der Waals surface area contributed by atoms with Crippen LogP contribution in [0.4, 0.5) is 0 Å². The van der Waals surface area contributed by atoms with Gasteiger partial charge in [0.1, 0.15) is 12.4 Å². The average molecular weight is 279 g/mol. The molecule has 0 bridgehead atoms. The van der Waals surface area contributed by atoms with Gasteiger partial charge in [0.05, 0.1) is 6.10 Å². The highest BCUT2D eigenvalue weighted by Crippen LogP contribution is 2.30. The molecule has 0 aliphatic rings. The number of aliphatic hydroxyl groups is 2. The lowest BCUT2D eigenvalue weighted by atomic mass is 9.92. The van der Waals surface area contributed by atoms with Gasteiger partial charge in [-0.05, 0) is 17.2 Å². The number of fused-ring (bicyclic) bond motifs is 1. The Bertz CT molecular complexity index is 583. The van der Waals surface area contributed by atoms with E-state index in [4.69, 9.17) is 11.6 Å². The molecule has 0 saturated heterocycles. The fourth-order valence-corrected chi connectivity index (χ4v) is 2.43. The summed E-state index contributed by atoms with van der Waals surface area (Å²) in [5, 5.41) is 21.9. The topological polar surface area (TPSA) is 57.5 Å². The van der Waals surface area contributed by atoms with E-state index in [1.165, 1.54) is 0 Å². The van der Waals surface area contributed by atoms with E-state index >= 15 is 0 Å². The number of hydrogen-bond donors (Lipinski definition) is 2. The zero-order valence-corrected chi connectivity index (χ0v) is 11.0. The predicted molar refractivity (Wildman–Crippen MR) is 75.6 cm³/mol. The lowest BCUT2D eigenvalue weighted by Gasteiger charge is -2.20. The second-order valence-electron chi connectivity index (χ2n) is 4.40. The normalized spacial score (nSPS) is 14.3. The van der Waals surface area contributed by atoms with Gasteiger partial charge in [0.2, 0.25) is 0 Å². The van der Waals surface area contributed by atoms with Crippen LogP contribution in [0.1, 0.15) is 28.4 Å². The van der Waals surface area contributed by atoms with Gasteiger partial charge in [-0.3, -0.25) is 4.79 Å². The van der Waals surface area contributed by atoms with Gasteiger partial charge < -0.3 is 10.2 Å². The molecule has 2 atom stereocenters. The third kappa shape index (κ3) is 2.78. The number of aldehydes is 1. The Morgan fingerprint density at radius 1 is 1.16 bits per heavy atom. The molecule has 19 heavy (non-hydrogen) atoms. The number of aliphatic hydroxyl groups excluding tert-OH is 2. The van der Waals surface area contributed by atoms with E-state index in [1.807, 2.05) is 30.3 Å². The van der Waals surface area contributed by atoms with Gasteiger partial charge in [-0.25, -0.2) is 0 Å². The molecule has 0 aromatic heterocycles. The van der Waals surface area contributed by atoms with Crippen molar-refractivity contribution in [2.24, 2.45) is 0 Å². The van der Waals surface area contributed by atoms with Crippen LogP contribution >= 0.6 is 11.6 Å². The molecular formula is C15H15ClO3. The van der Waals surface area contributed by atoms with E-state index in [1.54, 1.807) is 6.07 Å². The Labute approximate surface area is 116 Å². The Morgan fingerprint density at radius 2 is 1.89 bits per heavy atom. The van der Waals surface area contributed by atoms with E-state index in [0.29, 0.717) is 17.4 Å². The zero-order valence-electron chi connectivity index (χ0n) is 10.3. The minimum atomic E-state index is -1.12. The Balaban J connectivity index is 2.58. The fraction of sp³-hybridized carbons (Fsp3) is 0.267. The van der Waals surface area contributed by atoms with Crippen molar-refractivity contribution >= 4 is 28.7 Å². The van der Waals surface area contributed by atoms with Crippen molar-refractivity contribution in [1.82, 2.24) is 0 Å².